The summed E-state index contributed by atoms with van der Waals surface area (Å²) in [5.74, 6) is 0.536. The van der Waals surface area contributed by atoms with Gasteiger partial charge in [0.15, 0.2) is 5.78 Å². The van der Waals surface area contributed by atoms with Crippen molar-refractivity contribution >= 4 is 17.4 Å². The fourth-order valence-electron chi connectivity index (χ4n) is 1.11. The molecule has 0 saturated heterocycles. The second-order valence-corrected chi connectivity index (χ2v) is 2.89. The van der Waals surface area contributed by atoms with Crippen LogP contribution in [0.25, 0.3) is 0 Å². The summed E-state index contributed by atoms with van der Waals surface area (Å²) in [6.45, 7) is 0.440. The number of carbonyl (C=O) groups is 1. The first-order valence-electron chi connectivity index (χ1n) is 3.60. The van der Waals surface area contributed by atoms with Gasteiger partial charge in [-0.2, -0.15) is 0 Å². The Balaban J connectivity index is 2.54. The van der Waals surface area contributed by atoms with Crippen molar-refractivity contribution in [1.29, 1.82) is 0 Å². The molecule has 0 bridgehead atoms. The lowest BCUT2D eigenvalue weighted by Gasteiger charge is -2.14. The summed E-state index contributed by atoms with van der Waals surface area (Å²) in [5, 5.41) is 0.326. The monoisotopic (exact) mass is 183 g/mol. The van der Waals surface area contributed by atoms with Crippen LogP contribution in [0.3, 0.4) is 0 Å². The van der Waals surface area contributed by atoms with Crippen molar-refractivity contribution in [3.8, 4) is 5.75 Å². The van der Waals surface area contributed by atoms with Gasteiger partial charge < -0.3 is 4.74 Å². The molecule has 0 amide bonds. The predicted octanol–water partition coefficient (Wildman–Crippen LogP) is 1.70. The van der Waals surface area contributed by atoms with E-state index in [1.54, 1.807) is 12.1 Å². The second-order valence-electron chi connectivity index (χ2n) is 2.50. The van der Waals surface area contributed by atoms with Crippen LogP contribution >= 0.6 is 11.6 Å². The summed E-state index contributed by atoms with van der Waals surface area (Å²) < 4.78 is 5.21. The van der Waals surface area contributed by atoms with E-state index in [1.165, 1.54) is 0 Å². The van der Waals surface area contributed by atoms with Gasteiger partial charge in [0.25, 0.3) is 0 Å². The molecule has 0 atom stereocenters. The fourth-order valence-corrected chi connectivity index (χ4v) is 1.26. The quantitative estimate of drug-likeness (QED) is 0.575. The zero-order valence-electron chi connectivity index (χ0n) is 6.21. The molecule has 12 heavy (non-hydrogen) atoms. The maximum absolute atomic E-state index is 11.2. The van der Waals surface area contributed by atoms with Crippen LogP contribution in [0.2, 0.25) is 5.15 Å². The molecule has 2 heterocycles. The van der Waals surface area contributed by atoms with Gasteiger partial charge >= 0.3 is 0 Å². The van der Waals surface area contributed by atoms with Gasteiger partial charge in [0.2, 0.25) is 0 Å². The molecule has 62 valence electrons. The summed E-state index contributed by atoms with van der Waals surface area (Å²) in [6, 6.07) is 3.28. The predicted molar refractivity (Wildman–Crippen MR) is 43.7 cm³/mol. The number of ether oxygens (including phenoxy) is 1. The topological polar surface area (TPSA) is 39.2 Å². The lowest BCUT2D eigenvalue weighted by molar-refractivity contribution is 0.0927. The number of aromatic nitrogens is 1. The molecule has 0 N–H and O–H groups in total. The van der Waals surface area contributed by atoms with Crippen molar-refractivity contribution in [1.82, 2.24) is 4.98 Å². The highest BCUT2D eigenvalue weighted by Gasteiger charge is 2.19. The summed E-state index contributed by atoms with van der Waals surface area (Å²) in [7, 11) is 0. The Morgan fingerprint density at radius 1 is 1.50 bits per heavy atom. The Morgan fingerprint density at radius 2 is 2.33 bits per heavy atom. The molecule has 1 aromatic rings. The molecular formula is C8H6ClNO2. The third-order valence-corrected chi connectivity index (χ3v) is 1.89. The lowest BCUT2D eigenvalue weighted by Crippen LogP contribution is -2.16. The third-order valence-electron chi connectivity index (χ3n) is 1.68. The lowest BCUT2D eigenvalue weighted by atomic mass is 10.1. The van der Waals surface area contributed by atoms with Gasteiger partial charge in [-0.05, 0) is 12.1 Å². The SMILES string of the molecule is O=C1CCOc2ccc(Cl)nc21. The maximum atomic E-state index is 11.2. The first kappa shape index (κ1) is 7.55. The van der Waals surface area contributed by atoms with E-state index >= 15 is 0 Å². The Bertz CT molecular complexity index is 338. The van der Waals surface area contributed by atoms with Crippen LogP contribution in [0.5, 0.6) is 5.75 Å². The minimum Gasteiger partial charge on any atom is -0.491 e. The van der Waals surface area contributed by atoms with E-state index in [1.807, 2.05) is 0 Å². The third kappa shape index (κ3) is 1.16. The molecule has 0 aromatic carbocycles. The Morgan fingerprint density at radius 3 is 3.17 bits per heavy atom. The van der Waals surface area contributed by atoms with Crippen LogP contribution in [0.15, 0.2) is 12.1 Å². The van der Waals surface area contributed by atoms with Crippen LogP contribution in [0.4, 0.5) is 0 Å². The van der Waals surface area contributed by atoms with E-state index in [9.17, 15) is 4.79 Å². The number of ketones is 1. The Hall–Kier alpha value is -1.09. The largest absolute Gasteiger partial charge is 0.491 e. The normalized spacial score (nSPS) is 15.2. The molecule has 0 spiro atoms. The van der Waals surface area contributed by atoms with Gasteiger partial charge in [-0.3, -0.25) is 4.79 Å². The van der Waals surface area contributed by atoms with Crippen LogP contribution < -0.4 is 4.74 Å². The Kier molecular flexibility index (Phi) is 1.73. The fraction of sp³-hybridized carbons (Fsp3) is 0.250. The maximum Gasteiger partial charge on any atom is 0.188 e. The highest BCUT2D eigenvalue weighted by atomic mass is 35.5. The van der Waals surface area contributed by atoms with Gasteiger partial charge in [0.1, 0.15) is 16.6 Å². The molecule has 1 aliphatic heterocycles. The number of pyridine rings is 1. The second kappa shape index (κ2) is 2.75. The van der Waals surface area contributed by atoms with Crippen molar-refractivity contribution in [3.05, 3.63) is 23.0 Å². The van der Waals surface area contributed by atoms with E-state index in [0.717, 1.165) is 0 Å². The van der Waals surface area contributed by atoms with Gasteiger partial charge in [0, 0.05) is 6.42 Å². The van der Waals surface area contributed by atoms with E-state index < -0.39 is 0 Å². The van der Waals surface area contributed by atoms with Crippen LogP contribution in [0.1, 0.15) is 16.9 Å². The molecule has 0 fully saturated rings. The summed E-state index contributed by atoms with van der Waals surface area (Å²) in [4.78, 5) is 15.1. The van der Waals surface area contributed by atoms with Crippen LogP contribution in [-0.2, 0) is 0 Å². The average Bonchev–Trinajstić information content (AvgIpc) is 2.07. The van der Waals surface area contributed by atoms with Crippen molar-refractivity contribution in [2.75, 3.05) is 6.61 Å². The number of hydrogen-bond donors (Lipinski definition) is 0. The van der Waals surface area contributed by atoms with Crippen LogP contribution in [-0.4, -0.2) is 17.4 Å². The van der Waals surface area contributed by atoms with Gasteiger partial charge in [0.05, 0.1) is 6.61 Å². The van der Waals surface area contributed by atoms with Crippen molar-refractivity contribution in [3.63, 3.8) is 0 Å². The van der Waals surface area contributed by atoms with E-state index in [2.05, 4.69) is 4.98 Å². The molecule has 0 saturated carbocycles. The summed E-state index contributed by atoms with van der Waals surface area (Å²) >= 11 is 5.62. The number of rotatable bonds is 0. The number of fused-ring (bicyclic) bond motifs is 1. The van der Waals surface area contributed by atoms with Crippen molar-refractivity contribution in [2.45, 2.75) is 6.42 Å². The van der Waals surface area contributed by atoms with Gasteiger partial charge in [-0.1, -0.05) is 11.6 Å². The number of Topliss-reactive ketones (excluding diaryl/α,β-unsaturated/α-hetero) is 1. The molecule has 0 aliphatic carbocycles. The molecule has 2 rings (SSSR count). The first-order chi connectivity index (χ1) is 5.77. The van der Waals surface area contributed by atoms with Gasteiger partial charge in [-0.25, -0.2) is 4.98 Å². The average molecular weight is 184 g/mol. The Labute approximate surface area is 74.3 Å². The molecule has 1 aliphatic rings. The molecule has 0 unspecified atom stereocenters. The van der Waals surface area contributed by atoms with Crippen molar-refractivity contribution < 1.29 is 9.53 Å². The minimum atomic E-state index is -0.00116. The van der Waals surface area contributed by atoms with E-state index in [4.69, 9.17) is 16.3 Å². The smallest absolute Gasteiger partial charge is 0.188 e. The first-order valence-corrected chi connectivity index (χ1v) is 3.98. The molecular weight excluding hydrogens is 178 g/mol. The number of hydrogen-bond acceptors (Lipinski definition) is 3. The highest BCUT2D eigenvalue weighted by Crippen LogP contribution is 2.23. The standard InChI is InChI=1S/C8H6ClNO2/c9-7-2-1-6-8(10-7)5(11)3-4-12-6/h1-2H,3-4H2. The van der Waals surface area contributed by atoms with Gasteiger partial charge in [-0.15, -0.1) is 0 Å². The number of carbonyl (C=O) groups excluding carboxylic acids is 1. The zero-order valence-corrected chi connectivity index (χ0v) is 6.97. The van der Waals surface area contributed by atoms with Crippen molar-refractivity contribution in [2.24, 2.45) is 0 Å². The molecule has 4 heteroatoms. The highest BCUT2D eigenvalue weighted by molar-refractivity contribution is 6.29. The van der Waals surface area contributed by atoms with E-state index in [-0.39, 0.29) is 5.78 Å². The molecule has 0 radical (unpaired) electrons. The summed E-state index contributed by atoms with van der Waals surface area (Å²) in [5.41, 5.74) is 0.355. The van der Waals surface area contributed by atoms with Crippen LogP contribution in [0, 0.1) is 0 Å². The summed E-state index contributed by atoms with van der Waals surface area (Å²) in [6.07, 6.45) is 0.389. The minimum absolute atomic E-state index is 0.00116. The number of nitrogens with zero attached hydrogens (tertiary/aromatic N) is 1. The molecule has 3 nitrogen and oxygen atoms in total. The molecule has 1 aromatic heterocycles. The zero-order chi connectivity index (χ0) is 8.55. The van der Waals surface area contributed by atoms with E-state index in [0.29, 0.717) is 29.6 Å². The number of halogens is 1.